The minimum Gasteiger partial charge on any atom is -0.354 e. The molecule has 0 saturated carbocycles. The molecule has 23 heavy (non-hydrogen) atoms. The second-order valence-electron chi connectivity index (χ2n) is 5.69. The van der Waals surface area contributed by atoms with E-state index >= 15 is 0 Å². The van der Waals surface area contributed by atoms with E-state index in [1.165, 1.54) is 0 Å². The molecule has 0 spiro atoms. The Bertz CT molecular complexity index is 496. The van der Waals surface area contributed by atoms with E-state index in [9.17, 15) is 4.79 Å². The molecule has 0 aliphatic carbocycles. The molecule has 0 aliphatic rings. The average molecular weight is 318 g/mol. The van der Waals surface area contributed by atoms with Crippen LogP contribution in [0.15, 0.2) is 29.3 Å². The predicted molar refractivity (Wildman–Crippen MR) is 96.8 cm³/mol. The van der Waals surface area contributed by atoms with Gasteiger partial charge in [-0.2, -0.15) is 0 Å². The highest BCUT2D eigenvalue weighted by Crippen LogP contribution is 2.04. The van der Waals surface area contributed by atoms with Gasteiger partial charge in [0, 0.05) is 31.7 Å². The smallest absolute Gasteiger partial charge is 0.251 e. The summed E-state index contributed by atoms with van der Waals surface area (Å²) in [5.74, 6) is 0.785. The Morgan fingerprint density at radius 2 is 1.87 bits per heavy atom. The van der Waals surface area contributed by atoms with Crippen molar-refractivity contribution in [1.82, 2.24) is 16.0 Å². The molecule has 0 heterocycles. The SMILES string of the molecule is CCCCNC(=O)c1ccc(CNC(=NC)NC(C)CC)cc1. The summed E-state index contributed by atoms with van der Waals surface area (Å²) in [6, 6.07) is 8.05. The quantitative estimate of drug-likeness (QED) is 0.392. The molecule has 3 N–H and O–H groups in total. The van der Waals surface area contributed by atoms with E-state index in [1.54, 1.807) is 7.05 Å². The summed E-state index contributed by atoms with van der Waals surface area (Å²) < 4.78 is 0. The Morgan fingerprint density at radius 3 is 2.43 bits per heavy atom. The first-order valence-electron chi connectivity index (χ1n) is 8.45. The molecule has 0 fully saturated rings. The van der Waals surface area contributed by atoms with Crippen molar-refractivity contribution in [3.8, 4) is 0 Å². The number of nitrogens with one attached hydrogen (secondary N) is 3. The van der Waals surface area contributed by atoms with Gasteiger partial charge in [-0.3, -0.25) is 9.79 Å². The Balaban J connectivity index is 2.48. The lowest BCUT2D eigenvalue weighted by Crippen LogP contribution is -2.41. The summed E-state index contributed by atoms with van der Waals surface area (Å²) >= 11 is 0. The molecule has 1 unspecified atom stereocenters. The van der Waals surface area contributed by atoms with Crippen LogP contribution in [0.5, 0.6) is 0 Å². The van der Waals surface area contributed by atoms with Crippen molar-refractivity contribution in [1.29, 1.82) is 0 Å². The topological polar surface area (TPSA) is 65.5 Å². The third-order valence-electron chi connectivity index (χ3n) is 3.71. The van der Waals surface area contributed by atoms with Gasteiger partial charge in [-0.05, 0) is 37.5 Å². The first kappa shape index (κ1) is 19.0. The number of hydrogen-bond acceptors (Lipinski definition) is 2. The van der Waals surface area contributed by atoms with E-state index in [0.717, 1.165) is 37.3 Å². The van der Waals surface area contributed by atoms with E-state index in [4.69, 9.17) is 0 Å². The summed E-state index contributed by atoms with van der Waals surface area (Å²) in [7, 11) is 1.77. The van der Waals surface area contributed by atoms with Crippen LogP contribution in [0.4, 0.5) is 0 Å². The Kier molecular flexibility index (Phi) is 8.80. The van der Waals surface area contributed by atoms with Crippen LogP contribution >= 0.6 is 0 Å². The number of benzene rings is 1. The van der Waals surface area contributed by atoms with Crippen molar-refractivity contribution < 1.29 is 4.79 Å². The maximum absolute atomic E-state index is 11.9. The normalized spacial score (nSPS) is 12.6. The predicted octanol–water partition coefficient (Wildman–Crippen LogP) is 2.68. The highest BCUT2D eigenvalue weighted by atomic mass is 16.1. The number of guanidine groups is 1. The second-order valence-corrected chi connectivity index (χ2v) is 5.69. The van der Waals surface area contributed by atoms with Gasteiger partial charge in [-0.25, -0.2) is 0 Å². The minimum atomic E-state index is -0.00722. The van der Waals surface area contributed by atoms with E-state index in [-0.39, 0.29) is 5.91 Å². The van der Waals surface area contributed by atoms with E-state index < -0.39 is 0 Å². The number of unbranched alkanes of at least 4 members (excludes halogenated alkanes) is 1. The Morgan fingerprint density at radius 1 is 1.17 bits per heavy atom. The molecule has 1 atom stereocenters. The zero-order valence-electron chi connectivity index (χ0n) is 14.8. The van der Waals surface area contributed by atoms with Crippen LogP contribution in [0, 0.1) is 0 Å². The van der Waals surface area contributed by atoms with Gasteiger partial charge >= 0.3 is 0 Å². The monoisotopic (exact) mass is 318 g/mol. The third kappa shape index (κ3) is 7.17. The average Bonchev–Trinajstić information content (AvgIpc) is 2.58. The molecule has 1 aromatic rings. The molecule has 0 bridgehead atoms. The molecule has 0 aliphatic heterocycles. The summed E-state index contributed by atoms with van der Waals surface area (Å²) in [5.41, 5.74) is 1.81. The fraction of sp³-hybridized carbons (Fsp3) is 0.556. The summed E-state index contributed by atoms with van der Waals surface area (Å²) in [6.45, 7) is 7.77. The van der Waals surface area contributed by atoms with Gasteiger partial charge in [-0.15, -0.1) is 0 Å². The molecule has 128 valence electrons. The van der Waals surface area contributed by atoms with Gasteiger partial charge in [0.25, 0.3) is 5.91 Å². The van der Waals surface area contributed by atoms with Crippen molar-refractivity contribution in [3.05, 3.63) is 35.4 Å². The van der Waals surface area contributed by atoms with E-state index in [1.807, 2.05) is 24.3 Å². The maximum atomic E-state index is 11.9. The number of hydrogen-bond donors (Lipinski definition) is 3. The number of amides is 1. The maximum Gasteiger partial charge on any atom is 0.251 e. The summed E-state index contributed by atoms with van der Waals surface area (Å²) in [4.78, 5) is 16.2. The molecule has 5 nitrogen and oxygen atoms in total. The van der Waals surface area contributed by atoms with Crippen LogP contribution in [0.1, 0.15) is 56.0 Å². The highest BCUT2D eigenvalue weighted by Gasteiger charge is 2.05. The molecule has 1 rings (SSSR count). The first-order valence-corrected chi connectivity index (χ1v) is 8.45. The zero-order chi connectivity index (χ0) is 17.1. The number of rotatable bonds is 8. The van der Waals surface area contributed by atoms with Crippen LogP contribution in [0.2, 0.25) is 0 Å². The highest BCUT2D eigenvalue weighted by molar-refractivity contribution is 5.94. The standard InChI is InChI=1S/C18H30N4O/c1-5-7-12-20-17(23)16-10-8-15(9-11-16)13-21-18(19-4)22-14(3)6-2/h8-11,14H,5-7,12-13H2,1-4H3,(H,20,23)(H2,19,21,22). The largest absolute Gasteiger partial charge is 0.354 e. The van der Waals surface area contributed by atoms with Gasteiger partial charge < -0.3 is 16.0 Å². The first-order chi connectivity index (χ1) is 11.1. The molecule has 0 saturated heterocycles. The van der Waals surface area contributed by atoms with E-state index in [0.29, 0.717) is 18.2 Å². The molecule has 1 aromatic carbocycles. The molecule has 0 aromatic heterocycles. The summed E-state index contributed by atoms with van der Waals surface area (Å²) in [5, 5.41) is 9.52. The number of nitrogens with zero attached hydrogens (tertiary/aromatic N) is 1. The summed E-state index contributed by atoms with van der Waals surface area (Å²) in [6.07, 6.45) is 3.13. The van der Waals surface area contributed by atoms with Crippen LogP contribution in [-0.4, -0.2) is 31.5 Å². The Hall–Kier alpha value is -2.04. The lowest BCUT2D eigenvalue weighted by Gasteiger charge is -2.16. The molecule has 0 radical (unpaired) electrons. The number of carbonyl (C=O) groups is 1. The van der Waals surface area contributed by atoms with E-state index in [2.05, 4.69) is 41.7 Å². The van der Waals surface area contributed by atoms with Gasteiger partial charge in [0.15, 0.2) is 5.96 Å². The second kappa shape index (κ2) is 10.6. The Labute approximate surface area is 140 Å². The zero-order valence-corrected chi connectivity index (χ0v) is 14.8. The van der Waals surface area contributed by atoms with Gasteiger partial charge in [0.05, 0.1) is 0 Å². The van der Waals surface area contributed by atoms with Gasteiger partial charge in [-0.1, -0.05) is 32.4 Å². The molecular formula is C18H30N4O. The fourth-order valence-electron chi connectivity index (χ4n) is 1.97. The van der Waals surface area contributed by atoms with Crippen molar-refractivity contribution in [2.75, 3.05) is 13.6 Å². The van der Waals surface area contributed by atoms with Gasteiger partial charge in [0.1, 0.15) is 0 Å². The molecular weight excluding hydrogens is 288 g/mol. The van der Waals surface area contributed by atoms with Crippen LogP contribution in [-0.2, 0) is 6.54 Å². The van der Waals surface area contributed by atoms with Crippen LogP contribution in [0.25, 0.3) is 0 Å². The third-order valence-corrected chi connectivity index (χ3v) is 3.71. The van der Waals surface area contributed by atoms with Crippen LogP contribution < -0.4 is 16.0 Å². The van der Waals surface area contributed by atoms with Crippen molar-refractivity contribution in [2.24, 2.45) is 4.99 Å². The van der Waals surface area contributed by atoms with Crippen molar-refractivity contribution in [3.63, 3.8) is 0 Å². The fourth-order valence-corrected chi connectivity index (χ4v) is 1.97. The van der Waals surface area contributed by atoms with Gasteiger partial charge in [0.2, 0.25) is 0 Å². The molecule has 5 heteroatoms. The van der Waals surface area contributed by atoms with Crippen molar-refractivity contribution in [2.45, 2.75) is 52.6 Å². The van der Waals surface area contributed by atoms with Crippen LogP contribution in [0.3, 0.4) is 0 Å². The number of carbonyl (C=O) groups excluding carboxylic acids is 1. The lowest BCUT2D eigenvalue weighted by molar-refractivity contribution is 0.0953. The van der Waals surface area contributed by atoms with Crippen molar-refractivity contribution >= 4 is 11.9 Å². The number of aliphatic imine (C=N–C) groups is 1. The lowest BCUT2D eigenvalue weighted by atomic mass is 10.1. The molecule has 1 amide bonds. The minimum absolute atomic E-state index is 0.00722.